The van der Waals surface area contributed by atoms with Crippen LogP contribution in [0, 0.1) is 11.3 Å². The molecule has 0 aromatic heterocycles. The monoisotopic (exact) mass is 451 g/mol. The smallest absolute Gasteiger partial charge is 0.255 e. The van der Waals surface area contributed by atoms with E-state index in [1.165, 1.54) is 50.5 Å². The molecular formula is C27H37N3O3. The fourth-order valence-corrected chi connectivity index (χ4v) is 6.42. The van der Waals surface area contributed by atoms with Crippen LogP contribution in [0.25, 0.3) is 0 Å². The Morgan fingerprint density at radius 3 is 2.64 bits per heavy atom. The number of hydrogen-bond acceptors (Lipinski definition) is 4. The van der Waals surface area contributed by atoms with Gasteiger partial charge in [-0.3, -0.25) is 19.7 Å². The number of amides is 3. The van der Waals surface area contributed by atoms with Crippen molar-refractivity contribution < 1.29 is 14.4 Å². The molecule has 1 saturated heterocycles. The second kappa shape index (κ2) is 8.86. The summed E-state index contributed by atoms with van der Waals surface area (Å²) in [6.45, 7) is 5.25. The first-order valence-electron chi connectivity index (χ1n) is 12.9. The zero-order chi connectivity index (χ0) is 23.2. The van der Waals surface area contributed by atoms with Gasteiger partial charge >= 0.3 is 0 Å². The molecule has 2 aliphatic heterocycles. The SMILES string of the molecule is C[C@@H](N[C@H]1CCCC[C@@H]1Cc1ccc2c(c1)CN(C1CCC(=O)NC1=O)C2=O)C1(C)CCC1. The Kier molecular flexibility index (Phi) is 6.06. The number of carbonyl (C=O) groups excluding carboxylic acids is 3. The van der Waals surface area contributed by atoms with Crippen LogP contribution in [0.15, 0.2) is 18.2 Å². The number of fused-ring (bicyclic) bond motifs is 1. The van der Waals surface area contributed by atoms with E-state index >= 15 is 0 Å². The molecule has 2 heterocycles. The van der Waals surface area contributed by atoms with Crippen molar-refractivity contribution in [2.75, 3.05) is 0 Å². The van der Waals surface area contributed by atoms with E-state index < -0.39 is 6.04 Å². The lowest BCUT2D eigenvalue weighted by atomic mass is 9.65. The van der Waals surface area contributed by atoms with Crippen molar-refractivity contribution in [2.45, 2.75) is 103 Å². The number of piperidine rings is 1. The van der Waals surface area contributed by atoms with Gasteiger partial charge in [0.05, 0.1) is 0 Å². The van der Waals surface area contributed by atoms with E-state index in [2.05, 4.69) is 36.6 Å². The van der Waals surface area contributed by atoms with E-state index in [4.69, 9.17) is 0 Å². The number of benzene rings is 1. The number of nitrogens with one attached hydrogen (secondary N) is 2. The molecule has 3 amide bonds. The highest BCUT2D eigenvalue weighted by Gasteiger charge is 2.40. The van der Waals surface area contributed by atoms with Gasteiger partial charge in [0.2, 0.25) is 11.8 Å². The van der Waals surface area contributed by atoms with Gasteiger partial charge < -0.3 is 10.2 Å². The highest BCUT2D eigenvalue weighted by Crippen LogP contribution is 2.44. The normalized spacial score (nSPS) is 29.9. The summed E-state index contributed by atoms with van der Waals surface area (Å²) < 4.78 is 0. The van der Waals surface area contributed by atoms with Crippen molar-refractivity contribution in [2.24, 2.45) is 11.3 Å². The van der Waals surface area contributed by atoms with E-state index in [9.17, 15) is 14.4 Å². The van der Waals surface area contributed by atoms with Crippen LogP contribution in [-0.2, 0) is 22.6 Å². The third-order valence-corrected chi connectivity index (χ3v) is 9.00. The third kappa shape index (κ3) is 4.34. The fourth-order valence-electron chi connectivity index (χ4n) is 6.42. The molecule has 4 aliphatic rings. The molecule has 178 valence electrons. The molecule has 1 aromatic rings. The maximum Gasteiger partial charge on any atom is 0.255 e. The van der Waals surface area contributed by atoms with Crippen molar-refractivity contribution in [1.82, 2.24) is 15.5 Å². The Balaban J connectivity index is 1.26. The molecule has 1 aromatic carbocycles. The van der Waals surface area contributed by atoms with Gasteiger partial charge in [-0.25, -0.2) is 0 Å². The molecule has 3 fully saturated rings. The molecule has 4 atom stereocenters. The van der Waals surface area contributed by atoms with Crippen LogP contribution in [0.2, 0.25) is 0 Å². The van der Waals surface area contributed by atoms with Crippen molar-refractivity contribution in [3.8, 4) is 0 Å². The molecule has 2 saturated carbocycles. The van der Waals surface area contributed by atoms with Crippen molar-refractivity contribution in [1.29, 1.82) is 0 Å². The van der Waals surface area contributed by atoms with Crippen LogP contribution < -0.4 is 10.6 Å². The summed E-state index contributed by atoms with van der Waals surface area (Å²) in [7, 11) is 0. The highest BCUT2D eigenvalue weighted by molar-refractivity contribution is 6.05. The largest absolute Gasteiger partial charge is 0.322 e. The fraction of sp³-hybridized carbons (Fsp3) is 0.667. The molecule has 0 radical (unpaired) electrons. The molecule has 2 N–H and O–H groups in total. The van der Waals surface area contributed by atoms with Gasteiger partial charge in [0, 0.05) is 30.6 Å². The minimum atomic E-state index is -0.549. The van der Waals surface area contributed by atoms with Crippen molar-refractivity contribution in [3.05, 3.63) is 34.9 Å². The first-order chi connectivity index (χ1) is 15.8. The molecular weight excluding hydrogens is 414 g/mol. The predicted octanol–water partition coefficient (Wildman–Crippen LogP) is 3.72. The first-order valence-corrected chi connectivity index (χ1v) is 12.9. The molecule has 33 heavy (non-hydrogen) atoms. The molecule has 6 heteroatoms. The van der Waals surface area contributed by atoms with E-state index in [1.807, 2.05) is 6.07 Å². The minimum absolute atomic E-state index is 0.0918. The van der Waals surface area contributed by atoms with E-state index in [0.717, 1.165) is 12.0 Å². The summed E-state index contributed by atoms with van der Waals surface area (Å²) >= 11 is 0. The van der Waals surface area contributed by atoms with Gasteiger partial charge in [0.25, 0.3) is 5.91 Å². The number of carbonyl (C=O) groups is 3. The van der Waals surface area contributed by atoms with Crippen LogP contribution >= 0.6 is 0 Å². The summed E-state index contributed by atoms with van der Waals surface area (Å²) in [6.07, 6.45) is 10.8. The van der Waals surface area contributed by atoms with Crippen LogP contribution in [0.5, 0.6) is 0 Å². The topological polar surface area (TPSA) is 78.5 Å². The summed E-state index contributed by atoms with van der Waals surface area (Å²) in [5, 5.41) is 6.39. The Hall–Kier alpha value is -2.21. The lowest BCUT2D eigenvalue weighted by Gasteiger charge is -2.47. The highest BCUT2D eigenvalue weighted by atomic mass is 16.2. The third-order valence-electron chi connectivity index (χ3n) is 9.00. The minimum Gasteiger partial charge on any atom is -0.322 e. The lowest BCUT2D eigenvalue weighted by Crippen LogP contribution is -2.52. The number of imide groups is 1. The van der Waals surface area contributed by atoms with E-state index in [0.29, 0.717) is 41.9 Å². The maximum absolute atomic E-state index is 13.0. The predicted molar refractivity (Wildman–Crippen MR) is 126 cm³/mol. The van der Waals surface area contributed by atoms with E-state index in [-0.39, 0.29) is 24.1 Å². The van der Waals surface area contributed by atoms with Crippen molar-refractivity contribution in [3.63, 3.8) is 0 Å². The van der Waals surface area contributed by atoms with Gasteiger partial charge in [0.1, 0.15) is 6.04 Å². The second-order valence-electron chi connectivity index (χ2n) is 11.1. The lowest BCUT2D eigenvalue weighted by molar-refractivity contribution is -0.136. The number of rotatable bonds is 6. The van der Waals surface area contributed by atoms with Crippen molar-refractivity contribution >= 4 is 17.7 Å². The zero-order valence-corrected chi connectivity index (χ0v) is 20.0. The average molecular weight is 452 g/mol. The number of nitrogens with zero attached hydrogens (tertiary/aromatic N) is 1. The summed E-state index contributed by atoms with van der Waals surface area (Å²) in [4.78, 5) is 38.4. The second-order valence-corrected chi connectivity index (χ2v) is 11.1. The molecule has 5 rings (SSSR count). The maximum atomic E-state index is 13.0. The van der Waals surface area contributed by atoms with Crippen LogP contribution in [0.4, 0.5) is 0 Å². The molecule has 2 aliphatic carbocycles. The quantitative estimate of drug-likeness (QED) is 0.646. The Morgan fingerprint density at radius 1 is 1.12 bits per heavy atom. The summed E-state index contributed by atoms with van der Waals surface area (Å²) in [5.41, 5.74) is 3.45. The van der Waals surface area contributed by atoms with Gasteiger partial charge in [-0.2, -0.15) is 0 Å². The first kappa shape index (κ1) is 22.6. The van der Waals surface area contributed by atoms with Crippen LogP contribution in [0.1, 0.15) is 93.1 Å². The van der Waals surface area contributed by atoms with Gasteiger partial charge in [-0.05, 0) is 74.0 Å². The molecule has 0 bridgehead atoms. The summed E-state index contributed by atoms with van der Waals surface area (Å²) in [6, 6.07) is 6.79. The number of hydrogen-bond donors (Lipinski definition) is 2. The summed E-state index contributed by atoms with van der Waals surface area (Å²) in [5.74, 6) is -0.0749. The molecule has 1 unspecified atom stereocenters. The van der Waals surface area contributed by atoms with Crippen LogP contribution in [-0.4, -0.2) is 40.7 Å². The van der Waals surface area contributed by atoms with E-state index in [1.54, 1.807) is 4.90 Å². The standard InChI is InChI=1S/C27H37N3O3/c1-17(27(2)12-5-13-27)28-22-7-4-3-6-19(22)14-18-8-9-21-20(15-18)16-30(26(21)33)23-10-11-24(31)29-25(23)32/h8-9,15,17,19,22-23,28H,3-7,10-14,16H2,1-2H3,(H,29,31,32)/t17-,19-,22+,23?/m1/s1. The van der Waals surface area contributed by atoms with Gasteiger partial charge in [-0.1, -0.05) is 38.3 Å². The average Bonchev–Trinajstić information content (AvgIpc) is 3.09. The molecule has 0 spiro atoms. The zero-order valence-electron chi connectivity index (χ0n) is 20.0. The van der Waals surface area contributed by atoms with Crippen LogP contribution in [0.3, 0.4) is 0 Å². The Labute approximate surface area is 196 Å². The van der Waals surface area contributed by atoms with Gasteiger partial charge in [0.15, 0.2) is 0 Å². The van der Waals surface area contributed by atoms with Gasteiger partial charge in [-0.15, -0.1) is 0 Å². The molecule has 6 nitrogen and oxygen atoms in total. The Bertz CT molecular complexity index is 954. The Morgan fingerprint density at radius 2 is 1.91 bits per heavy atom.